The summed E-state index contributed by atoms with van der Waals surface area (Å²) in [6.07, 6.45) is 0. The Hall–Kier alpha value is -2.90. The molecule has 1 aliphatic rings. The number of carbonyl (C=O) groups is 2. The van der Waals surface area contributed by atoms with Crippen LogP contribution < -0.4 is 10.1 Å². The van der Waals surface area contributed by atoms with Crippen LogP contribution in [0.25, 0.3) is 11.5 Å². The van der Waals surface area contributed by atoms with E-state index in [4.69, 9.17) is 9.15 Å². The van der Waals surface area contributed by atoms with Crippen molar-refractivity contribution in [3.8, 4) is 17.2 Å². The van der Waals surface area contributed by atoms with Crippen LogP contribution in [0.3, 0.4) is 0 Å². The molecule has 0 spiro atoms. The molecule has 2 N–H and O–H groups in total. The first-order valence-electron chi connectivity index (χ1n) is 7.78. The molecule has 2 aromatic rings. The van der Waals surface area contributed by atoms with Crippen LogP contribution in [0.4, 0.5) is 5.69 Å². The van der Waals surface area contributed by atoms with Crippen molar-refractivity contribution in [1.82, 2.24) is 10.2 Å². The highest BCUT2D eigenvalue weighted by molar-refractivity contribution is 6.00. The Morgan fingerprint density at radius 2 is 2.00 bits per heavy atom. The Morgan fingerprint density at radius 3 is 2.52 bits per heavy atom. The van der Waals surface area contributed by atoms with E-state index in [1.807, 2.05) is 0 Å². The summed E-state index contributed by atoms with van der Waals surface area (Å²) in [5.41, 5.74) is 0.490. The highest BCUT2D eigenvalue weighted by Gasteiger charge is 2.65. The quantitative estimate of drug-likeness (QED) is 0.854. The Morgan fingerprint density at radius 1 is 1.28 bits per heavy atom. The standard InChI is InChI=1S/C17H19N3O5/c1-8-19-20-15(25-8)10-7-9(5-6-11(10)24-4)18-14(21)12-13(16(22)23)17(12,2)3/h5-7,12-13H,1-4H3,(H,18,21)(H,22,23)/t12-,13-/m0/s1. The van der Waals surface area contributed by atoms with Crippen molar-refractivity contribution < 1.29 is 23.8 Å². The van der Waals surface area contributed by atoms with E-state index >= 15 is 0 Å². The zero-order valence-corrected chi connectivity index (χ0v) is 14.4. The SMILES string of the molecule is COc1ccc(NC(=O)[C@@H]2[C@@H](C(=O)O)C2(C)C)cc1-c1nnc(C)o1. The average molecular weight is 345 g/mol. The zero-order chi connectivity index (χ0) is 18.4. The van der Waals surface area contributed by atoms with E-state index in [-0.39, 0.29) is 11.8 Å². The molecule has 0 unspecified atom stereocenters. The average Bonchev–Trinajstić information content (AvgIpc) is 2.89. The Labute approximate surface area is 144 Å². The van der Waals surface area contributed by atoms with Gasteiger partial charge in [0.15, 0.2) is 0 Å². The molecule has 1 heterocycles. The maximum atomic E-state index is 12.5. The highest BCUT2D eigenvalue weighted by atomic mass is 16.5. The number of amides is 1. The van der Waals surface area contributed by atoms with Crippen molar-refractivity contribution in [1.29, 1.82) is 0 Å². The Kier molecular flexibility index (Phi) is 3.98. The number of hydrogen-bond donors (Lipinski definition) is 2. The van der Waals surface area contributed by atoms with E-state index in [0.29, 0.717) is 22.9 Å². The lowest BCUT2D eigenvalue weighted by Crippen LogP contribution is -2.17. The van der Waals surface area contributed by atoms with Gasteiger partial charge in [-0.1, -0.05) is 13.8 Å². The number of methoxy groups -OCH3 is 1. The van der Waals surface area contributed by atoms with Crippen molar-refractivity contribution in [2.24, 2.45) is 17.3 Å². The number of aryl methyl sites for hydroxylation is 1. The van der Waals surface area contributed by atoms with Gasteiger partial charge in [-0.2, -0.15) is 0 Å². The van der Waals surface area contributed by atoms with Crippen LogP contribution in [0.5, 0.6) is 5.75 Å². The van der Waals surface area contributed by atoms with Gasteiger partial charge in [0.1, 0.15) is 5.75 Å². The minimum atomic E-state index is -0.957. The number of benzene rings is 1. The topological polar surface area (TPSA) is 115 Å². The number of carbonyl (C=O) groups excluding carboxylic acids is 1. The molecule has 1 aliphatic carbocycles. The molecule has 1 aromatic heterocycles. The molecule has 1 amide bonds. The van der Waals surface area contributed by atoms with Gasteiger partial charge in [-0.15, -0.1) is 10.2 Å². The molecule has 0 aliphatic heterocycles. The van der Waals surface area contributed by atoms with Crippen LogP contribution in [-0.2, 0) is 9.59 Å². The second-order valence-corrected chi connectivity index (χ2v) is 6.65. The summed E-state index contributed by atoms with van der Waals surface area (Å²) in [7, 11) is 1.52. The smallest absolute Gasteiger partial charge is 0.307 e. The fourth-order valence-electron chi connectivity index (χ4n) is 3.17. The lowest BCUT2D eigenvalue weighted by atomic mass is 10.1. The number of rotatable bonds is 5. The van der Waals surface area contributed by atoms with E-state index < -0.39 is 23.2 Å². The van der Waals surface area contributed by atoms with Gasteiger partial charge in [-0.25, -0.2) is 0 Å². The Balaban J connectivity index is 1.84. The lowest BCUT2D eigenvalue weighted by molar-refractivity contribution is -0.140. The molecule has 8 heteroatoms. The number of carboxylic acid groups (broad SMARTS) is 1. The summed E-state index contributed by atoms with van der Waals surface area (Å²) in [6.45, 7) is 5.23. The first kappa shape index (κ1) is 16.9. The van der Waals surface area contributed by atoms with Crippen molar-refractivity contribution in [3.63, 3.8) is 0 Å². The van der Waals surface area contributed by atoms with E-state index in [9.17, 15) is 14.7 Å². The first-order valence-corrected chi connectivity index (χ1v) is 7.78. The van der Waals surface area contributed by atoms with Gasteiger partial charge in [-0.3, -0.25) is 9.59 Å². The highest BCUT2D eigenvalue weighted by Crippen LogP contribution is 2.58. The number of nitrogens with zero attached hydrogens (tertiary/aromatic N) is 2. The predicted molar refractivity (Wildman–Crippen MR) is 88.0 cm³/mol. The van der Waals surface area contributed by atoms with E-state index in [2.05, 4.69) is 15.5 Å². The maximum Gasteiger partial charge on any atom is 0.307 e. The van der Waals surface area contributed by atoms with Crippen molar-refractivity contribution in [2.45, 2.75) is 20.8 Å². The third kappa shape index (κ3) is 2.95. The molecule has 3 rings (SSSR count). The van der Waals surface area contributed by atoms with Crippen LogP contribution in [0.2, 0.25) is 0 Å². The summed E-state index contributed by atoms with van der Waals surface area (Å²) in [4.78, 5) is 23.7. The predicted octanol–water partition coefficient (Wildman–Crippen LogP) is 2.35. The number of hydrogen-bond acceptors (Lipinski definition) is 6. The van der Waals surface area contributed by atoms with Crippen molar-refractivity contribution in [3.05, 3.63) is 24.1 Å². The number of ether oxygens (including phenoxy) is 1. The van der Waals surface area contributed by atoms with Crippen LogP contribution >= 0.6 is 0 Å². The number of nitrogens with one attached hydrogen (secondary N) is 1. The molecule has 1 aromatic carbocycles. The second kappa shape index (κ2) is 5.87. The van der Waals surface area contributed by atoms with E-state index in [0.717, 1.165) is 0 Å². The third-order valence-corrected chi connectivity index (χ3v) is 4.60. The first-order chi connectivity index (χ1) is 11.8. The van der Waals surface area contributed by atoms with Gasteiger partial charge < -0.3 is 19.6 Å². The maximum absolute atomic E-state index is 12.5. The number of carboxylic acids is 1. The minimum absolute atomic E-state index is 0.278. The molecular formula is C17H19N3O5. The largest absolute Gasteiger partial charge is 0.496 e. The lowest BCUT2D eigenvalue weighted by Gasteiger charge is -2.10. The van der Waals surface area contributed by atoms with Gasteiger partial charge in [-0.05, 0) is 23.6 Å². The fourth-order valence-corrected chi connectivity index (χ4v) is 3.17. The minimum Gasteiger partial charge on any atom is -0.496 e. The van der Waals surface area contributed by atoms with Crippen LogP contribution in [0.15, 0.2) is 22.6 Å². The van der Waals surface area contributed by atoms with Gasteiger partial charge in [0, 0.05) is 12.6 Å². The van der Waals surface area contributed by atoms with Crippen LogP contribution in [0, 0.1) is 24.2 Å². The normalized spacial score (nSPS) is 20.8. The fraction of sp³-hybridized carbons (Fsp3) is 0.412. The molecular weight excluding hydrogens is 326 g/mol. The molecule has 1 saturated carbocycles. The van der Waals surface area contributed by atoms with Crippen LogP contribution in [0.1, 0.15) is 19.7 Å². The number of aromatic nitrogens is 2. The van der Waals surface area contributed by atoms with E-state index in [1.54, 1.807) is 39.0 Å². The molecule has 0 bridgehead atoms. The summed E-state index contributed by atoms with van der Waals surface area (Å²) < 4.78 is 10.7. The summed E-state index contributed by atoms with van der Waals surface area (Å²) in [6, 6.07) is 5.01. The third-order valence-electron chi connectivity index (χ3n) is 4.60. The van der Waals surface area contributed by atoms with Gasteiger partial charge in [0.25, 0.3) is 5.89 Å². The molecule has 1 fully saturated rings. The van der Waals surface area contributed by atoms with E-state index in [1.165, 1.54) is 7.11 Å². The molecule has 25 heavy (non-hydrogen) atoms. The second-order valence-electron chi connectivity index (χ2n) is 6.65. The molecule has 2 atom stereocenters. The van der Waals surface area contributed by atoms with Gasteiger partial charge in [0.05, 0.1) is 24.5 Å². The summed E-state index contributed by atoms with van der Waals surface area (Å²) in [5.74, 6) is -1.31. The van der Waals surface area contributed by atoms with Crippen molar-refractivity contribution in [2.75, 3.05) is 12.4 Å². The van der Waals surface area contributed by atoms with Crippen molar-refractivity contribution >= 4 is 17.6 Å². The van der Waals surface area contributed by atoms with Gasteiger partial charge in [0.2, 0.25) is 11.8 Å². The summed E-state index contributed by atoms with van der Waals surface area (Å²) >= 11 is 0. The zero-order valence-electron chi connectivity index (χ0n) is 14.4. The molecule has 132 valence electrons. The molecule has 8 nitrogen and oxygen atoms in total. The monoisotopic (exact) mass is 345 g/mol. The number of anilines is 1. The van der Waals surface area contributed by atoms with Gasteiger partial charge >= 0.3 is 5.97 Å². The van der Waals surface area contributed by atoms with Crippen LogP contribution in [-0.4, -0.2) is 34.3 Å². The Bertz CT molecular complexity index is 843. The molecule has 0 radical (unpaired) electrons. The summed E-state index contributed by atoms with van der Waals surface area (Å²) in [5, 5.41) is 19.7. The molecule has 0 saturated heterocycles. The number of aliphatic carboxylic acids is 1.